The van der Waals surface area contributed by atoms with Crippen LogP contribution in [0.25, 0.3) is 71.8 Å². The predicted octanol–water partition coefficient (Wildman–Crippen LogP) is 13.4. The van der Waals surface area contributed by atoms with E-state index in [1.807, 2.05) is 54.6 Å². The largest absolute Gasteiger partial charge is 0.455 e. The van der Waals surface area contributed by atoms with E-state index >= 15 is 0 Å². The van der Waals surface area contributed by atoms with Gasteiger partial charge in [0, 0.05) is 19.1 Å². The number of fused-ring (bicyclic) bond motifs is 6. The molecule has 0 radical (unpaired) electrons. The lowest BCUT2D eigenvalue weighted by molar-refractivity contribution is 0.670. The van der Waals surface area contributed by atoms with Gasteiger partial charge < -0.3 is 4.42 Å². The summed E-state index contributed by atoms with van der Waals surface area (Å²) in [5, 5.41) is 0.418. The monoisotopic (exact) mass is 671 g/mol. The van der Waals surface area contributed by atoms with E-state index in [-0.39, 0.29) is 71.6 Å². The summed E-state index contributed by atoms with van der Waals surface area (Å²) in [6.07, 6.45) is -4.72. The van der Waals surface area contributed by atoms with Gasteiger partial charge in [0.15, 0.2) is 0 Å². The minimum atomic E-state index is -1.73. The Labute approximate surface area is 324 Å². The first kappa shape index (κ1) is 16.2. The van der Waals surface area contributed by atoms with Crippen molar-refractivity contribution < 1.29 is 30.5 Å². The van der Waals surface area contributed by atoms with Gasteiger partial charge in [-0.1, -0.05) is 157 Å². The van der Waals surface area contributed by atoms with E-state index in [1.54, 1.807) is 12.1 Å². The Balaban J connectivity index is 1.31. The molecule has 9 aromatic rings. The predicted molar refractivity (Wildman–Crippen MR) is 215 cm³/mol. The molecule has 242 valence electrons. The number of furan rings is 1. The molecule has 0 fully saturated rings. The molecule has 10 rings (SSSR count). The van der Waals surface area contributed by atoms with Crippen molar-refractivity contribution in [1.82, 2.24) is 0 Å². The molecule has 8 aromatic carbocycles. The third kappa shape index (κ3) is 5.08. The van der Waals surface area contributed by atoms with Crippen LogP contribution in [-0.2, 0) is 19.2 Å². The molecule has 51 heavy (non-hydrogen) atoms. The van der Waals surface area contributed by atoms with Crippen LogP contribution in [-0.4, -0.2) is 0 Å². The molecule has 2 unspecified atom stereocenters. The first-order valence-electron chi connectivity index (χ1n) is 26.0. The summed E-state index contributed by atoms with van der Waals surface area (Å²) in [6, 6.07) is 9.59. The number of rotatable bonds is 6. The highest BCUT2D eigenvalue weighted by Crippen LogP contribution is 2.42. The molecular weight excluding hydrogens is 617 g/mol. The van der Waals surface area contributed by atoms with Crippen molar-refractivity contribution in [3.63, 3.8) is 0 Å². The number of allylic oxidation sites excluding steroid dienone is 1. The van der Waals surface area contributed by atoms with Gasteiger partial charge in [-0.05, 0) is 109 Å². The lowest BCUT2D eigenvalue weighted by atomic mass is 9.80. The van der Waals surface area contributed by atoms with Gasteiger partial charge in [0.25, 0.3) is 0 Å². The van der Waals surface area contributed by atoms with Crippen LogP contribution in [0.2, 0.25) is 0 Å². The first-order chi connectivity index (χ1) is 33.2. The molecule has 0 saturated carbocycles. The summed E-state index contributed by atoms with van der Waals surface area (Å²) in [6.45, 7) is 0. The van der Waals surface area contributed by atoms with Crippen LogP contribution in [0.1, 0.15) is 65.8 Å². The molecule has 1 heterocycles. The van der Waals surface area contributed by atoms with Gasteiger partial charge in [-0.3, -0.25) is 0 Å². The highest BCUT2D eigenvalue weighted by molar-refractivity contribution is 6.13. The summed E-state index contributed by atoms with van der Waals surface area (Å²) in [5.74, 6) is 0. The van der Waals surface area contributed by atoms with Gasteiger partial charge in [-0.15, -0.1) is 0 Å². The molecule has 1 aromatic heterocycles. The summed E-state index contributed by atoms with van der Waals surface area (Å²) >= 11 is 0. The van der Waals surface area contributed by atoms with Crippen LogP contribution in [0.5, 0.6) is 0 Å². The molecule has 0 bridgehead atoms. The smallest absolute Gasteiger partial charge is 0.143 e. The van der Waals surface area contributed by atoms with Gasteiger partial charge >= 0.3 is 0 Å². The molecule has 1 aliphatic carbocycles. The van der Waals surface area contributed by atoms with E-state index in [0.29, 0.717) is 11.0 Å². The van der Waals surface area contributed by atoms with Crippen LogP contribution < -0.4 is 0 Å². The fourth-order valence-electron chi connectivity index (χ4n) is 7.11. The molecule has 0 spiro atoms. The second-order valence-electron chi connectivity index (χ2n) is 12.3. The Morgan fingerprint density at radius 3 is 2.18 bits per heavy atom. The molecule has 0 aliphatic heterocycles. The summed E-state index contributed by atoms with van der Waals surface area (Å²) in [7, 11) is 0. The highest BCUT2D eigenvalue weighted by Gasteiger charge is 2.21. The topological polar surface area (TPSA) is 13.1 Å². The quantitative estimate of drug-likeness (QED) is 0.171. The zero-order valence-electron chi connectivity index (χ0n) is 45.8. The van der Waals surface area contributed by atoms with Crippen molar-refractivity contribution in [2.75, 3.05) is 0 Å². The number of hydrogen-bond acceptors (Lipinski definition) is 1. The Morgan fingerprint density at radius 1 is 0.569 bits per heavy atom. The highest BCUT2D eigenvalue weighted by atomic mass is 16.3. The van der Waals surface area contributed by atoms with Gasteiger partial charge in [-0.25, -0.2) is 0 Å². The normalized spacial score (nSPS) is 21.1. The lowest BCUT2D eigenvalue weighted by Gasteiger charge is -2.24. The maximum atomic E-state index is 9.75. The average molecular weight is 672 g/mol. The molecule has 1 heteroatoms. The van der Waals surface area contributed by atoms with E-state index in [1.165, 1.54) is 0 Å². The Bertz CT molecular complexity index is 3810. The van der Waals surface area contributed by atoms with E-state index in [0.717, 1.165) is 16.5 Å². The van der Waals surface area contributed by atoms with Crippen LogP contribution >= 0.6 is 0 Å². The van der Waals surface area contributed by atoms with E-state index in [9.17, 15) is 11.0 Å². The van der Waals surface area contributed by atoms with E-state index < -0.39 is 128 Å². The van der Waals surface area contributed by atoms with Gasteiger partial charge in [0.05, 0.1) is 23.3 Å². The Hall–Kier alpha value is -6.18. The number of para-hydroxylation sites is 1. The minimum absolute atomic E-state index is 0.0516. The van der Waals surface area contributed by atoms with Crippen molar-refractivity contribution >= 4 is 49.5 Å². The van der Waals surface area contributed by atoms with Crippen LogP contribution in [0.3, 0.4) is 0 Å². The van der Waals surface area contributed by atoms with Crippen molar-refractivity contribution in [3.05, 3.63) is 197 Å². The van der Waals surface area contributed by atoms with Crippen molar-refractivity contribution in [2.24, 2.45) is 0 Å². The van der Waals surface area contributed by atoms with Crippen LogP contribution in [0.4, 0.5) is 0 Å². The molecule has 1 nitrogen and oxygen atoms in total. The SMILES string of the molecule is [2H]C1=C([2H])C([2H])C([2H])c2c1c(Cc1c([2H])c([2H])c(-c3cccc4c3oc3cc(-c5ccccc5)ccc34)c3c([2H])c([2H])c([2H])c([2H])c13)c1c([2H])c([2H])c([2H])c([2H])c1c2Cc1c([2H])c([2H])c([2H])c([2H])c1[2H]. The fraction of sp³-hybridized carbons (Fsp3) is 0.0800. The number of hydrogen-bond donors (Lipinski definition) is 0. The third-order valence-corrected chi connectivity index (χ3v) is 9.43. The van der Waals surface area contributed by atoms with E-state index in [2.05, 4.69) is 0 Å². The van der Waals surface area contributed by atoms with Gasteiger partial charge in [0.2, 0.25) is 0 Å². The minimum Gasteiger partial charge on any atom is -0.455 e. The van der Waals surface area contributed by atoms with Crippen molar-refractivity contribution in [1.29, 1.82) is 0 Å². The molecular formula is C50H36O. The summed E-state index contributed by atoms with van der Waals surface area (Å²) in [5.41, 5.74) is 1.54. The fourth-order valence-corrected chi connectivity index (χ4v) is 7.11. The Kier molecular flexibility index (Phi) is 3.91. The van der Waals surface area contributed by atoms with Crippen molar-refractivity contribution in [2.45, 2.75) is 25.6 Å². The molecule has 2 atom stereocenters. The molecule has 0 amide bonds. The molecule has 1 aliphatic rings. The first-order valence-corrected chi connectivity index (χ1v) is 16.4. The van der Waals surface area contributed by atoms with Crippen molar-refractivity contribution in [3.8, 4) is 22.3 Å². The number of benzene rings is 8. The Morgan fingerprint density at radius 2 is 1.33 bits per heavy atom. The third-order valence-electron chi connectivity index (χ3n) is 9.43. The standard InChI is InChI=1S/C50H36O/c1-3-14-33(15-4-1)30-47-39-20-9-11-22-41(39)48(42-23-12-10-21-40(42)47)31-36-27-28-43(38-19-8-7-18-37(36)38)45-24-13-25-46-44-29-26-35(32-49(44)51-50(45)46)34-16-5-2-6-17-34/h1-9,11-20,22-29,32H,10,21,30-31H2/i1D,3D,4D,7D,8D,9D,10D,11D,12D,14D,15D,18D,19D,20D,21D,22D,23D,27D,28D. The maximum absolute atomic E-state index is 9.75. The maximum Gasteiger partial charge on any atom is 0.143 e. The zero-order valence-corrected chi connectivity index (χ0v) is 26.8. The van der Waals surface area contributed by atoms with E-state index in [4.69, 9.17) is 19.5 Å². The molecule has 0 N–H and O–H groups in total. The van der Waals surface area contributed by atoms with Crippen LogP contribution in [0, 0.1) is 0 Å². The van der Waals surface area contributed by atoms with Crippen LogP contribution in [0.15, 0.2) is 168 Å². The average Bonchev–Trinajstić information content (AvgIpc) is 3.74. The zero-order chi connectivity index (χ0) is 50.3. The second-order valence-corrected chi connectivity index (χ2v) is 12.3. The summed E-state index contributed by atoms with van der Waals surface area (Å²) < 4.78 is 178. The second kappa shape index (κ2) is 12.3. The van der Waals surface area contributed by atoms with Gasteiger partial charge in [-0.2, -0.15) is 0 Å². The lowest BCUT2D eigenvalue weighted by Crippen LogP contribution is -2.08. The molecule has 0 saturated heterocycles. The summed E-state index contributed by atoms with van der Waals surface area (Å²) in [4.78, 5) is 0. The van der Waals surface area contributed by atoms with Gasteiger partial charge in [0.1, 0.15) is 11.2 Å².